The lowest BCUT2D eigenvalue weighted by molar-refractivity contribution is -0.233. The number of fused-ring (bicyclic) bond motifs is 7. The summed E-state index contributed by atoms with van der Waals surface area (Å²) in [6.07, 6.45) is 7.47. The molecular weight excluding hydrogens is 504 g/mol. The van der Waals surface area contributed by atoms with E-state index in [4.69, 9.17) is 9.47 Å². The normalized spacial score (nSPS) is 44.0. The minimum Gasteiger partial charge on any atom is -0.464 e. The summed E-state index contributed by atoms with van der Waals surface area (Å²) < 4.78 is 11.4. The highest BCUT2D eigenvalue weighted by molar-refractivity contribution is 6.49. The van der Waals surface area contributed by atoms with Gasteiger partial charge in [-0.25, -0.2) is 0 Å². The molecule has 0 aliphatic heterocycles. The summed E-state index contributed by atoms with van der Waals surface area (Å²) in [6.45, 7) is 19.0. The van der Waals surface area contributed by atoms with Crippen molar-refractivity contribution in [3.63, 3.8) is 0 Å². The van der Waals surface area contributed by atoms with Crippen molar-refractivity contribution in [1.82, 2.24) is 0 Å². The van der Waals surface area contributed by atoms with Gasteiger partial charge in [0.25, 0.3) is 0 Å². The highest BCUT2D eigenvalue weighted by Crippen LogP contribution is 2.76. The lowest BCUT2D eigenvalue weighted by Gasteiger charge is -2.72. The largest absolute Gasteiger partial charge is 0.464 e. The molecule has 0 heterocycles. The van der Waals surface area contributed by atoms with E-state index >= 15 is 0 Å². The van der Waals surface area contributed by atoms with Gasteiger partial charge in [0.15, 0.2) is 0 Å². The molecular formula is C34H50O6. The van der Waals surface area contributed by atoms with Gasteiger partial charge in [-0.3, -0.25) is 19.2 Å². The van der Waals surface area contributed by atoms with Crippen LogP contribution in [0.15, 0.2) is 11.1 Å². The summed E-state index contributed by atoms with van der Waals surface area (Å²) in [5, 5.41) is 0. The second kappa shape index (κ2) is 9.26. The quantitative estimate of drug-likeness (QED) is 0.286. The number of hydrogen-bond acceptors (Lipinski definition) is 6. The molecule has 5 aliphatic carbocycles. The molecule has 6 heteroatoms. The summed E-state index contributed by atoms with van der Waals surface area (Å²) >= 11 is 0. The third-order valence-electron chi connectivity index (χ3n) is 13.3. The van der Waals surface area contributed by atoms with Crippen molar-refractivity contribution >= 4 is 23.5 Å². The van der Waals surface area contributed by atoms with Gasteiger partial charge in [0, 0.05) is 24.8 Å². The first-order valence-corrected chi connectivity index (χ1v) is 15.6. The zero-order chi connectivity index (χ0) is 29.6. The topological polar surface area (TPSA) is 86.7 Å². The van der Waals surface area contributed by atoms with Crippen LogP contribution in [0.5, 0.6) is 0 Å². The van der Waals surface area contributed by atoms with Crippen molar-refractivity contribution in [3.8, 4) is 0 Å². The van der Waals surface area contributed by atoms with Gasteiger partial charge >= 0.3 is 11.9 Å². The van der Waals surface area contributed by atoms with Crippen LogP contribution in [0, 0.1) is 50.7 Å². The second-order valence-corrected chi connectivity index (χ2v) is 15.6. The van der Waals surface area contributed by atoms with E-state index in [1.165, 1.54) is 13.8 Å². The first-order valence-electron chi connectivity index (χ1n) is 15.6. The number of carbonyl (C=O) groups excluding carboxylic acids is 4. The molecule has 0 saturated heterocycles. The van der Waals surface area contributed by atoms with Gasteiger partial charge < -0.3 is 9.47 Å². The van der Waals surface area contributed by atoms with E-state index in [1.54, 1.807) is 0 Å². The predicted octanol–water partition coefficient (Wildman–Crippen LogP) is 6.64. The Bertz CT molecular complexity index is 1180. The van der Waals surface area contributed by atoms with E-state index in [0.717, 1.165) is 50.5 Å². The minimum absolute atomic E-state index is 0.0172. The van der Waals surface area contributed by atoms with E-state index in [1.807, 2.05) is 13.8 Å². The number of Topliss-reactive ketones (excluding diaryl/α,β-unsaturated/α-hetero) is 2. The number of ketones is 2. The number of ether oxygens (including phenoxy) is 2. The maximum Gasteiger partial charge on any atom is 0.302 e. The minimum atomic E-state index is -0.999. The van der Waals surface area contributed by atoms with Crippen molar-refractivity contribution in [2.45, 2.75) is 120 Å². The molecule has 0 spiro atoms. The summed E-state index contributed by atoms with van der Waals surface area (Å²) in [6, 6.07) is 0. The first kappa shape index (κ1) is 29.5. The Morgan fingerprint density at radius 3 is 2.10 bits per heavy atom. The van der Waals surface area contributed by atoms with Gasteiger partial charge in [0.05, 0.1) is 5.41 Å². The first-order chi connectivity index (χ1) is 18.5. The number of allylic oxidation sites excluding steroid dienone is 1. The van der Waals surface area contributed by atoms with Crippen LogP contribution < -0.4 is 0 Å². The van der Waals surface area contributed by atoms with Crippen LogP contribution in [-0.4, -0.2) is 36.2 Å². The van der Waals surface area contributed by atoms with E-state index < -0.39 is 11.4 Å². The highest BCUT2D eigenvalue weighted by Gasteiger charge is 2.71. The SMILES string of the molecule is CC(=O)OC[C@@]12CCC3(C)C(CCC4C5(C)CCC(OC(C)=O)C(C)(C)C5CCC43C)C1=C(C(C)C)C(=O)C2=O. The lowest BCUT2D eigenvalue weighted by atomic mass is 9.33. The Labute approximate surface area is 240 Å². The summed E-state index contributed by atoms with van der Waals surface area (Å²) in [4.78, 5) is 51.1. The predicted molar refractivity (Wildman–Crippen MR) is 152 cm³/mol. The van der Waals surface area contributed by atoms with Crippen LogP contribution in [-0.2, 0) is 28.7 Å². The monoisotopic (exact) mass is 554 g/mol. The Morgan fingerprint density at radius 1 is 0.825 bits per heavy atom. The molecule has 6 nitrogen and oxygen atoms in total. The third kappa shape index (κ3) is 3.72. The molecule has 222 valence electrons. The molecule has 0 aromatic rings. The molecule has 0 N–H and O–H groups in total. The highest BCUT2D eigenvalue weighted by atomic mass is 16.5. The Hall–Kier alpha value is -1.98. The van der Waals surface area contributed by atoms with E-state index in [0.29, 0.717) is 23.8 Å². The summed E-state index contributed by atoms with van der Waals surface area (Å²) in [5.41, 5.74) is 0.715. The van der Waals surface area contributed by atoms with Gasteiger partial charge in [0.1, 0.15) is 12.7 Å². The average Bonchev–Trinajstić information content (AvgIpc) is 3.07. The molecule has 5 rings (SSSR count). The molecule has 0 radical (unpaired) electrons. The third-order valence-corrected chi connectivity index (χ3v) is 13.3. The average molecular weight is 555 g/mol. The molecule has 0 amide bonds. The van der Waals surface area contributed by atoms with E-state index in [2.05, 4.69) is 34.6 Å². The maximum absolute atomic E-state index is 13.7. The lowest BCUT2D eigenvalue weighted by Crippen LogP contribution is -2.66. The van der Waals surface area contributed by atoms with Crippen LogP contribution in [0.4, 0.5) is 0 Å². The van der Waals surface area contributed by atoms with Crippen LogP contribution >= 0.6 is 0 Å². The van der Waals surface area contributed by atoms with E-state index in [-0.39, 0.29) is 63.7 Å². The molecule has 40 heavy (non-hydrogen) atoms. The molecule has 7 unspecified atom stereocenters. The molecule has 0 aromatic heterocycles. The van der Waals surface area contributed by atoms with Crippen LogP contribution in [0.25, 0.3) is 0 Å². The molecule has 0 aromatic carbocycles. The molecule has 4 saturated carbocycles. The molecule has 4 fully saturated rings. The molecule has 5 aliphatic rings. The standard InChI is InChI=1S/C34H50O6/c1-19(2)26-27-22-10-11-24-31(7)14-13-25(40-21(4)36)30(5,6)23(31)12-15-33(24,9)32(22,8)16-17-34(27,18-39-20(3)35)29(38)28(26)37/h19,22-25H,10-18H2,1-9H3/t22?,23?,24?,25?,31?,32?,33?,34-/m0/s1. The smallest absolute Gasteiger partial charge is 0.302 e. The van der Waals surface area contributed by atoms with Crippen molar-refractivity contribution in [1.29, 1.82) is 0 Å². The van der Waals surface area contributed by atoms with E-state index in [9.17, 15) is 19.2 Å². The zero-order valence-corrected chi connectivity index (χ0v) is 26.2. The fourth-order valence-electron chi connectivity index (χ4n) is 11.3. The van der Waals surface area contributed by atoms with Gasteiger partial charge in [-0.1, -0.05) is 48.5 Å². The van der Waals surface area contributed by atoms with Crippen molar-refractivity contribution in [2.75, 3.05) is 6.61 Å². The molecule has 8 atom stereocenters. The van der Waals surface area contributed by atoms with Gasteiger partial charge in [-0.05, 0) is 96.9 Å². The van der Waals surface area contributed by atoms with Crippen molar-refractivity contribution < 1.29 is 28.7 Å². The van der Waals surface area contributed by atoms with Crippen molar-refractivity contribution in [2.24, 2.45) is 50.7 Å². The maximum atomic E-state index is 13.7. The number of rotatable bonds is 4. The fourth-order valence-corrected chi connectivity index (χ4v) is 11.3. The van der Waals surface area contributed by atoms with Gasteiger partial charge in [-0.2, -0.15) is 0 Å². The van der Waals surface area contributed by atoms with Gasteiger partial charge in [-0.15, -0.1) is 0 Å². The van der Waals surface area contributed by atoms with Crippen molar-refractivity contribution in [3.05, 3.63) is 11.1 Å². The molecule has 0 bridgehead atoms. The number of hydrogen-bond donors (Lipinski definition) is 0. The Balaban J connectivity index is 1.57. The Kier molecular flexibility index (Phi) is 6.83. The van der Waals surface area contributed by atoms with Gasteiger partial charge in [0.2, 0.25) is 11.6 Å². The van der Waals surface area contributed by atoms with Crippen LogP contribution in [0.3, 0.4) is 0 Å². The summed E-state index contributed by atoms with van der Waals surface area (Å²) in [5.74, 6) is -0.269. The van der Waals surface area contributed by atoms with Crippen LogP contribution in [0.1, 0.15) is 114 Å². The summed E-state index contributed by atoms with van der Waals surface area (Å²) in [7, 11) is 0. The zero-order valence-electron chi connectivity index (χ0n) is 26.2. The number of carbonyl (C=O) groups is 4. The Morgan fingerprint density at radius 2 is 1.50 bits per heavy atom. The number of esters is 2. The van der Waals surface area contributed by atoms with Crippen LogP contribution in [0.2, 0.25) is 0 Å². The fraction of sp³-hybridized carbons (Fsp3) is 0.824. The second-order valence-electron chi connectivity index (χ2n) is 15.6.